The summed E-state index contributed by atoms with van der Waals surface area (Å²) in [6.45, 7) is 5.26. The molecular formula is C15H25ClIN3O. The third-order valence-corrected chi connectivity index (χ3v) is 3.06. The van der Waals surface area contributed by atoms with Gasteiger partial charge in [-0.15, -0.1) is 24.0 Å². The molecule has 0 unspecified atom stereocenters. The molecule has 0 radical (unpaired) electrons. The van der Waals surface area contributed by atoms with E-state index in [1.54, 1.807) is 7.05 Å². The van der Waals surface area contributed by atoms with E-state index in [0.29, 0.717) is 0 Å². The summed E-state index contributed by atoms with van der Waals surface area (Å²) in [5.41, 5.74) is 1.26. The summed E-state index contributed by atoms with van der Waals surface area (Å²) < 4.78 is 5.29. The number of aliphatic imine (C=N–C) groups is 1. The SMILES string of the molecule is CCOCCCNC(=NC)NCCc1ccc(Cl)cc1.I. The summed E-state index contributed by atoms with van der Waals surface area (Å²) in [4.78, 5) is 4.18. The number of nitrogens with one attached hydrogen (secondary N) is 2. The zero-order chi connectivity index (χ0) is 14.6. The fraction of sp³-hybridized carbons (Fsp3) is 0.533. The number of guanidine groups is 1. The largest absolute Gasteiger partial charge is 0.382 e. The van der Waals surface area contributed by atoms with Crippen molar-refractivity contribution in [1.82, 2.24) is 10.6 Å². The molecule has 21 heavy (non-hydrogen) atoms. The van der Waals surface area contributed by atoms with Crippen molar-refractivity contribution in [2.45, 2.75) is 19.8 Å². The summed E-state index contributed by atoms with van der Waals surface area (Å²) >= 11 is 5.86. The van der Waals surface area contributed by atoms with Crippen LogP contribution in [0.15, 0.2) is 29.3 Å². The number of hydrogen-bond acceptors (Lipinski definition) is 2. The Kier molecular flexibility index (Phi) is 12.8. The molecule has 0 aromatic heterocycles. The third kappa shape index (κ3) is 9.92. The van der Waals surface area contributed by atoms with E-state index >= 15 is 0 Å². The van der Waals surface area contributed by atoms with Crippen molar-refractivity contribution in [3.63, 3.8) is 0 Å². The molecule has 0 atom stereocenters. The molecular weight excluding hydrogens is 401 g/mol. The van der Waals surface area contributed by atoms with E-state index in [-0.39, 0.29) is 24.0 Å². The first-order valence-corrected chi connectivity index (χ1v) is 7.40. The molecule has 0 aliphatic carbocycles. The average Bonchev–Trinajstić information content (AvgIpc) is 2.47. The van der Waals surface area contributed by atoms with Crippen molar-refractivity contribution >= 4 is 41.5 Å². The van der Waals surface area contributed by atoms with Crippen LogP contribution in [0.2, 0.25) is 5.02 Å². The summed E-state index contributed by atoms with van der Waals surface area (Å²) in [5, 5.41) is 7.32. The van der Waals surface area contributed by atoms with Gasteiger partial charge in [-0.1, -0.05) is 23.7 Å². The maximum absolute atomic E-state index is 5.86. The van der Waals surface area contributed by atoms with Crippen LogP contribution in [0, 0.1) is 0 Å². The lowest BCUT2D eigenvalue weighted by atomic mass is 10.1. The smallest absolute Gasteiger partial charge is 0.190 e. The van der Waals surface area contributed by atoms with E-state index < -0.39 is 0 Å². The average molecular weight is 426 g/mol. The molecule has 0 amide bonds. The second-order valence-electron chi connectivity index (χ2n) is 4.35. The first kappa shape index (κ1) is 20.5. The highest BCUT2D eigenvalue weighted by Crippen LogP contribution is 2.09. The zero-order valence-electron chi connectivity index (χ0n) is 12.7. The normalized spacial score (nSPS) is 10.9. The van der Waals surface area contributed by atoms with Crippen LogP contribution >= 0.6 is 35.6 Å². The molecule has 2 N–H and O–H groups in total. The van der Waals surface area contributed by atoms with Crippen LogP contribution in [0.3, 0.4) is 0 Å². The van der Waals surface area contributed by atoms with Crippen LogP contribution in [0.4, 0.5) is 0 Å². The molecule has 0 saturated heterocycles. The van der Waals surface area contributed by atoms with Crippen molar-refractivity contribution < 1.29 is 4.74 Å². The highest BCUT2D eigenvalue weighted by molar-refractivity contribution is 14.0. The van der Waals surface area contributed by atoms with Gasteiger partial charge in [0, 0.05) is 38.4 Å². The Hall–Kier alpha value is -0.530. The topological polar surface area (TPSA) is 45.6 Å². The minimum atomic E-state index is 0. The monoisotopic (exact) mass is 425 g/mol. The van der Waals surface area contributed by atoms with Crippen molar-refractivity contribution in [2.75, 3.05) is 33.4 Å². The maximum atomic E-state index is 5.86. The van der Waals surface area contributed by atoms with Gasteiger partial charge in [0.2, 0.25) is 0 Å². The minimum absolute atomic E-state index is 0. The van der Waals surface area contributed by atoms with Gasteiger partial charge in [-0.3, -0.25) is 4.99 Å². The van der Waals surface area contributed by atoms with Gasteiger partial charge in [-0.05, 0) is 37.5 Å². The van der Waals surface area contributed by atoms with Gasteiger partial charge >= 0.3 is 0 Å². The Bertz CT molecular complexity index is 398. The van der Waals surface area contributed by atoms with Crippen molar-refractivity contribution in [3.8, 4) is 0 Å². The van der Waals surface area contributed by atoms with Gasteiger partial charge in [0.05, 0.1) is 0 Å². The fourth-order valence-electron chi connectivity index (χ4n) is 1.72. The lowest BCUT2D eigenvalue weighted by Gasteiger charge is -2.11. The number of hydrogen-bond donors (Lipinski definition) is 2. The molecule has 0 bridgehead atoms. The first-order valence-electron chi connectivity index (χ1n) is 7.03. The van der Waals surface area contributed by atoms with E-state index in [0.717, 1.165) is 50.1 Å². The van der Waals surface area contributed by atoms with Gasteiger partial charge in [0.1, 0.15) is 0 Å². The van der Waals surface area contributed by atoms with E-state index in [1.165, 1.54) is 5.56 Å². The summed E-state index contributed by atoms with van der Waals surface area (Å²) in [6.07, 6.45) is 1.92. The number of nitrogens with zero attached hydrogens (tertiary/aromatic N) is 1. The predicted octanol–water partition coefficient (Wildman–Crippen LogP) is 3.09. The lowest BCUT2D eigenvalue weighted by Crippen LogP contribution is -2.39. The van der Waals surface area contributed by atoms with Gasteiger partial charge in [-0.25, -0.2) is 0 Å². The Labute approximate surface area is 149 Å². The molecule has 0 spiro atoms. The molecule has 6 heteroatoms. The molecule has 4 nitrogen and oxygen atoms in total. The van der Waals surface area contributed by atoms with Crippen LogP contribution in [0.1, 0.15) is 18.9 Å². The fourth-order valence-corrected chi connectivity index (χ4v) is 1.85. The van der Waals surface area contributed by atoms with E-state index in [9.17, 15) is 0 Å². The van der Waals surface area contributed by atoms with Gasteiger partial charge in [0.15, 0.2) is 5.96 Å². The predicted molar refractivity (Wildman–Crippen MR) is 101 cm³/mol. The standard InChI is InChI=1S/C15H24ClN3O.HI/c1-3-20-12-4-10-18-15(17-2)19-11-9-13-5-7-14(16)8-6-13;/h5-8H,3-4,9-12H2,1-2H3,(H2,17,18,19);1H. The molecule has 1 rings (SSSR count). The molecule has 0 fully saturated rings. The third-order valence-electron chi connectivity index (χ3n) is 2.81. The number of ether oxygens (including phenoxy) is 1. The number of benzene rings is 1. The van der Waals surface area contributed by atoms with Gasteiger partial charge in [-0.2, -0.15) is 0 Å². The molecule has 1 aromatic rings. The van der Waals surface area contributed by atoms with E-state index in [4.69, 9.17) is 16.3 Å². The maximum Gasteiger partial charge on any atom is 0.190 e. The second kappa shape index (κ2) is 13.2. The lowest BCUT2D eigenvalue weighted by molar-refractivity contribution is 0.145. The Balaban J connectivity index is 0.00000400. The van der Waals surface area contributed by atoms with Crippen molar-refractivity contribution in [2.24, 2.45) is 4.99 Å². The van der Waals surface area contributed by atoms with E-state index in [1.807, 2.05) is 31.2 Å². The van der Waals surface area contributed by atoms with Crippen molar-refractivity contribution in [1.29, 1.82) is 0 Å². The van der Waals surface area contributed by atoms with Gasteiger partial charge in [0.25, 0.3) is 0 Å². The second-order valence-corrected chi connectivity index (χ2v) is 4.79. The van der Waals surface area contributed by atoms with E-state index in [2.05, 4.69) is 15.6 Å². The minimum Gasteiger partial charge on any atom is -0.382 e. The highest BCUT2D eigenvalue weighted by Gasteiger charge is 1.98. The molecule has 120 valence electrons. The Morgan fingerprint density at radius 2 is 1.86 bits per heavy atom. The number of rotatable bonds is 8. The highest BCUT2D eigenvalue weighted by atomic mass is 127. The van der Waals surface area contributed by atoms with Crippen LogP contribution in [0.5, 0.6) is 0 Å². The molecule has 1 aromatic carbocycles. The number of halogens is 2. The molecule has 0 aliphatic rings. The summed E-state index contributed by atoms with van der Waals surface area (Å²) in [6, 6.07) is 7.92. The molecule has 0 saturated carbocycles. The van der Waals surface area contributed by atoms with Crippen LogP contribution < -0.4 is 10.6 Å². The first-order chi connectivity index (χ1) is 9.76. The molecule has 0 heterocycles. The summed E-state index contributed by atoms with van der Waals surface area (Å²) in [5.74, 6) is 0.829. The molecule has 0 aliphatic heterocycles. The summed E-state index contributed by atoms with van der Waals surface area (Å²) in [7, 11) is 1.78. The van der Waals surface area contributed by atoms with Crippen LogP contribution in [0.25, 0.3) is 0 Å². The van der Waals surface area contributed by atoms with Crippen LogP contribution in [-0.2, 0) is 11.2 Å². The quantitative estimate of drug-likeness (QED) is 0.291. The van der Waals surface area contributed by atoms with Gasteiger partial charge < -0.3 is 15.4 Å². The Morgan fingerprint density at radius 1 is 1.19 bits per heavy atom. The zero-order valence-corrected chi connectivity index (χ0v) is 15.8. The van der Waals surface area contributed by atoms with Crippen LogP contribution in [-0.4, -0.2) is 39.3 Å². The Morgan fingerprint density at radius 3 is 2.48 bits per heavy atom. The van der Waals surface area contributed by atoms with Crippen molar-refractivity contribution in [3.05, 3.63) is 34.9 Å².